The number of amides is 2. The monoisotopic (exact) mass is 344 g/mol. The Hall–Kier alpha value is -2.04. The maximum atomic E-state index is 12.7. The van der Waals surface area contributed by atoms with E-state index in [1.165, 1.54) is 6.42 Å². The number of rotatable bonds is 4. The van der Waals surface area contributed by atoms with Crippen LogP contribution in [0.25, 0.3) is 0 Å². The van der Waals surface area contributed by atoms with E-state index in [1.807, 2.05) is 47.9 Å². The molecular formula is C20H28N2O3. The summed E-state index contributed by atoms with van der Waals surface area (Å²) in [6.45, 7) is 6.69. The molecule has 3 rings (SSSR count). The van der Waals surface area contributed by atoms with Crippen molar-refractivity contribution in [1.82, 2.24) is 9.80 Å². The van der Waals surface area contributed by atoms with Crippen molar-refractivity contribution in [2.45, 2.75) is 45.6 Å². The van der Waals surface area contributed by atoms with Crippen LogP contribution in [0.4, 0.5) is 0 Å². The first-order valence-electron chi connectivity index (χ1n) is 9.39. The summed E-state index contributed by atoms with van der Waals surface area (Å²) in [5.74, 6) is 1.33. The molecule has 25 heavy (non-hydrogen) atoms. The fourth-order valence-corrected chi connectivity index (χ4v) is 3.39. The highest BCUT2D eigenvalue weighted by Gasteiger charge is 2.31. The number of hydrogen-bond acceptors (Lipinski definition) is 3. The van der Waals surface area contributed by atoms with Gasteiger partial charge in [-0.15, -0.1) is 0 Å². The lowest BCUT2D eigenvalue weighted by molar-refractivity contribution is -0.138. The highest BCUT2D eigenvalue weighted by molar-refractivity contribution is 5.94. The molecule has 0 unspecified atom stereocenters. The van der Waals surface area contributed by atoms with Gasteiger partial charge >= 0.3 is 0 Å². The molecule has 0 aromatic heterocycles. The average molecular weight is 344 g/mol. The molecule has 0 radical (unpaired) electrons. The SMILES string of the molecule is CC(C)Oc1ccc(C(=O)N2CCCN(C(=O)C3CCC3)CC2)cc1. The summed E-state index contributed by atoms with van der Waals surface area (Å²) < 4.78 is 5.62. The topological polar surface area (TPSA) is 49.9 Å². The maximum Gasteiger partial charge on any atom is 0.253 e. The number of carbonyl (C=O) groups excluding carboxylic acids is 2. The molecule has 1 aliphatic heterocycles. The molecule has 1 saturated carbocycles. The van der Waals surface area contributed by atoms with Gasteiger partial charge in [0.05, 0.1) is 6.10 Å². The zero-order valence-corrected chi connectivity index (χ0v) is 15.2. The Balaban J connectivity index is 1.58. The van der Waals surface area contributed by atoms with Gasteiger partial charge in [-0.25, -0.2) is 0 Å². The highest BCUT2D eigenvalue weighted by atomic mass is 16.5. The summed E-state index contributed by atoms with van der Waals surface area (Å²) in [7, 11) is 0. The highest BCUT2D eigenvalue weighted by Crippen LogP contribution is 2.28. The smallest absolute Gasteiger partial charge is 0.253 e. The molecule has 5 heteroatoms. The van der Waals surface area contributed by atoms with Crippen molar-refractivity contribution < 1.29 is 14.3 Å². The molecule has 1 saturated heterocycles. The van der Waals surface area contributed by atoms with Crippen LogP contribution in [0.1, 0.15) is 49.9 Å². The Kier molecular flexibility index (Phi) is 5.61. The van der Waals surface area contributed by atoms with E-state index in [9.17, 15) is 9.59 Å². The van der Waals surface area contributed by atoms with E-state index < -0.39 is 0 Å². The minimum atomic E-state index is 0.0361. The standard InChI is InChI=1S/C20H28N2O3/c1-15(2)25-18-9-7-17(8-10-18)20(24)22-12-4-11-21(13-14-22)19(23)16-5-3-6-16/h7-10,15-16H,3-6,11-14H2,1-2H3. The van der Waals surface area contributed by atoms with E-state index in [4.69, 9.17) is 4.74 Å². The normalized spacial score (nSPS) is 18.7. The zero-order chi connectivity index (χ0) is 17.8. The summed E-state index contributed by atoms with van der Waals surface area (Å²) in [4.78, 5) is 29.0. The van der Waals surface area contributed by atoms with Crippen molar-refractivity contribution in [2.75, 3.05) is 26.2 Å². The van der Waals surface area contributed by atoms with E-state index >= 15 is 0 Å². The fraction of sp³-hybridized carbons (Fsp3) is 0.600. The lowest BCUT2D eigenvalue weighted by atomic mass is 9.84. The summed E-state index contributed by atoms with van der Waals surface area (Å²) in [5, 5.41) is 0. The van der Waals surface area contributed by atoms with Crippen LogP contribution in [0.3, 0.4) is 0 Å². The van der Waals surface area contributed by atoms with Crippen molar-refractivity contribution in [3.8, 4) is 5.75 Å². The predicted molar refractivity (Wildman–Crippen MR) is 96.6 cm³/mol. The quantitative estimate of drug-likeness (QED) is 0.844. The molecule has 0 N–H and O–H groups in total. The van der Waals surface area contributed by atoms with Crippen molar-refractivity contribution in [1.29, 1.82) is 0 Å². The third-order valence-corrected chi connectivity index (χ3v) is 5.02. The Morgan fingerprint density at radius 1 is 0.960 bits per heavy atom. The van der Waals surface area contributed by atoms with Crippen molar-refractivity contribution >= 4 is 11.8 Å². The van der Waals surface area contributed by atoms with E-state index in [0.717, 1.165) is 31.6 Å². The number of ether oxygens (including phenoxy) is 1. The molecule has 2 aliphatic rings. The molecular weight excluding hydrogens is 316 g/mol. The number of hydrogen-bond donors (Lipinski definition) is 0. The van der Waals surface area contributed by atoms with Crippen molar-refractivity contribution in [3.63, 3.8) is 0 Å². The second kappa shape index (κ2) is 7.89. The zero-order valence-electron chi connectivity index (χ0n) is 15.2. The van der Waals surface area contributed by atoms with Crippen molar-refractivity contribution in [3.05, 3.63) is 29.8 Å². The summed E-state index contributed by atoms with van der Waals surface area (Å²) >= 11 is 0. The molecule has 1 aromatic carbocycles. The average Bonchev–Trinajstić information content (AvgIpc) is 2.78. The van der Waals surface area contributed by atoms with Crippen LogP contribution in [0.2, 0.25) is 0 Å². The summed E-state index contributed by atoms with van der Waals surface area (Å²) in [6, 6.07) is 7.33. The van der Waals surface area contributed by atoms with E-state index in [0.29, 0.717) is 25.2 Å². The molecule has 1 aromatic rings. The van der Waals surface area contributed by atoms with Crippen LogP contribution >= 0.6 is 0 Å². The largest absolute Gasteiger partial charge is 0.491 e. The van der Waals surface area contributed by atoms with Gasteiger partial charge < -0.3 is 14.5 Å². The first kappa shape index (κ1) is 17.8. The minimum Gasteiger partial charge on any atom is -0.491 e. The summed E-state index contributed by atoms with van der Waals surface area (Å²) in [6.07, 6.45) is 4.20. The number of carbonyl (C=O) groups is 2. The van der Waals surface area contributed by atoms with Crippen LogP contribution < -0.4 is 4.74 Å². The molecule has 5 nitrogen and oxygen atoms in total. The number of benzene rings is 1. The lowest BCUT2D eigenvalue weighted by Gasteiger charge is -2.31. The molecule has 0 spiro atoms. The van der Waals surface area contributed by atoms with Crippen molar-refractivity contribution in [2.24, 2.45) is 5.92 Å². The van der Waals surface area contributed by atoms with Gasteiger partial charge in [0.15, 0.2) is 0 Å². The molecule has 0 bridgehead atoms. The van der Waals surface area contributed by atoms with Gasteiger partial charge in [-0.05, 0) is 57.4 Å². The van der Waals surface area contributed by atoms with Gasteiger partial charge in [0.2, 0.25) is 5.91 Å². The van der Waals surface area contributed by atoms with E-state index in [1.54, 1.807) is 0 Å². The van der Waals surface area contributed by atoms with Crippen LogP contribution in [0.15, 0.2) is 24.3 Å². The van der Waals surface area contributed by atoms with Gasteiger partial charge in [0, 0.05) is 37.7 Å². The van der Waals surface area contributed by atoms with Crippen LogP contribution in [-0.4, -0.2) is 53.9 Å². The van der Waals surface area contributed by atoms with Gasteiger partial charge in [-0.3, -0.25) is 9.59 Å². The lowest BCUT2D eigenvalue weighted by Crippen LogP contribution is -2.41. The molecule has 1 heterocycles. The third kappa shape index (κ3) is 4.33. The molecule has 2 fully saturated rings. The Morgan fingerprint density at radius 2 is 1.60 bits per heavy atom. The third-order valence-electron chi connectivity index (χ3n) is 5.02. The molecule has 136 valence electrons. The number of nitrogens with zero attached hydrogens (tertiary/aromatic N) is 2. The minimum absolute atomic E-state index is 0.0361. The van der Waals surface area contributed by atoms with Gasteiger partial charge in [-0.2, -0.15) is 0 Å². The Bertz CT molecular complexity index is 608. The van der Waals surface area contributed by atoms with Crippen LogP contribution in [0.5, 0.6) is 5.75 Å². The Morgan fingerprint density at radius 3 is 2.20 bits per heavy atom. The van der Waals surface area contributed by atoms with E-state index in [-0.39, 0.29) is 23.8 Å². The first-order chi connectivity index (χ1) is 12.0. The summed E-state index contributed by atoms with van der Waals surface area (Å²) in [5.41, 5.74) is 0.676. The first-order valence-corrected chi connectivity index (χ1v) is 9.39. The second-order valence-electron chi connectivity index (χ2n) is 7.29. The maximum absolute atomic E-state index is 12.7. The van der Waals surface area contributed by atoms with E-state index in [2.05, 4.69) is 0 Å². The molecule has 1 aliphatic carbocycles. The van der Waals surface area contributed by atoms with Crippen LogP contribution in [0, 0.1) is 5.92 Å². The Labute approximate surface area is 149 Å². The molecule has 0 atom stereocenters. The predicted octanol–water partition coefficient (Wildman–Crippen LogP) is 2.95. The second-order valence-corrected chi connectivity index (χ2v) is 7.29. The van der Waals surface area contributed by atoms with Gasteiger partial charge in [0.1, 0.15) is 5.75 Å². The molecule has 2 amide bonds. The fourth-order valence-electron chi connectivity index (χ4n) is 3.39. The van der Waals surface area contributed by atoms with Crippen LogP contribution in [-0.2, 0) is 4.79 Å². The van der Waals surface area contributed by atoms with Gasteiger partial charge in [-0.1, -0.05) is 6.42 Å². The van der Waals surface area contributed by atoms with Gasteiger partial charge in [0.25, 0.3) is 5.91 Å².